The van der Waals surface area contributed by atoms with E-state index in [0.717, 1.165) is 17.1 Å². The lowest BCUT2D eigenvalue weighted by molar-refractivity contribution is 0.129. The molecule has 0 radical (unpaired) electrons. The summed E-state index contributed by atoms with van der Waals surface area (Å²) in [6.45, 7) is 8.23. The first-order valence-electron chi connectivity index (χ1n) is 5.90. The molecule has 1 fully saturated rings. The molecule has 0 aliphatic heterocycles. The Morgan fingerprint density at radius 1 is 1.19 bits per heavy atom. The minimum absolute atomic E-state index is 0.164. The first-order chi connectivity index (χ1) is 7.44. The van der Waals surface area contributed by atoms with E-state index < -0.39 is 0 Å². The van der Waals surface area contributed by atoms with Crippen molar-refractivity contribution in [3.63, 3.8) is 0 Å². The van der Waals surface area contributed by atoms with E-state index in [9.17, 15) is 0 Å². The van der Waals surface area contributed by atoms with E-state index in [1.54, 1.807) is 0 Å². The number of ether oxygens (including phenoxy) is 2. The van der Waals surface area contributed by atoms with Crippen molar-refractivity contribution in [2.75, 3.05) is 0 Å². The van der Waals surface area contributed by atoms with E-state index >= 15 is 0 Å². The molecule has 1 aliphatic rings. The maximum absolute atomic E-state index is 5.90. The summed E-state index contributed by atoms with van der Waals surface area (Å²) >= 11 is 0. The summed E-state index contributed by atoms with van der Waals surface area (Å²) in [4.78, 5) is 0. The van der Waals surface area contributed by atoms with Crippen molar-refractivity contribution in [3.05, 3.63) is 23.8 Å². The van der Waals surface area contributed by atoms with Gasteiger partial charge in [-0.3, -0.25) is 0 Å². The molecule has 0 saturated heterocycles. The van der Waals surface area contributed by atoms with Crippen LogP contribution in [0.15, 0.2) is 18.2 Å². The van der Waals surface area contributed by atoms with Gasteiger partial charge in [0.15, 0.2) is 0 Å². The van der Waals surface area contributed by atoms with Crippen LogP contribution in [0.2, 0.25) is 0 Å². The van der Waals surface area contributed by atoms with Gasteiger partial charge < -0.3 is 9.47 Å². The minimum Gasteiger partial charge on any atom is -0.490 e. The maximum Gasteiger partial charge on any atom is 0.126 e. The molecule has 88 valence electrons. The van der Waals surface area contributed by atoms with Crippen molar-refractivity contribution in [1.82, 2.24) is 0 Å². The highest BCUT2D eigenvalue weighted by molar-refractivity contribution is 5.40. The van der Waals surface area contributed by atoms with E-state index in [4.69, 9.17) is 9.47 Å². The molecule has 0 bridgehead atoms. The zero-order chi connectivity index (χ0) is 11.8. The third-order valence-electron chi connectivity index (χ3n) is 2.40. The molecule has 2 rings (SSSR count). The molecule has 0 N–H and O–H groups in total. The lowest BCUT2D eigenvalue weighted by atomic mass is 10.1. The second kappa shape index (κ2) is 4.00. The molecule has 2 nitrogen and oxygen atoms in total. The highest BCUT2D eigenvalue weighted by Crippen LogP contribution is 2.31. The van der Waals surface area contributed by atoms with Gasteiger partial charge in [-0.25, -0.2) is 0 Å². The van der Waals surface area contributed by atoms with Crippen molar-refractivity contribution in [2.45, 2.75) is 52.2 Å². The van der Waals surface area contributed by atoms with Crippen LogP contribution in [-0.2, 0) is 0 Å². The predicted molar refractivity (Wildman–Crippen MR) is 65.2 cm³/mol. The first-order valence-corrected chi connectivity index (χ1v) is 5.90. The molecule has 0 atom stereocenters. The zero-order valence-electron chi connectivity index (χ0n) is 10.5. The first kappa shape index (κ1) is 11.3. The van der Waals surface area contributed by atoms with Crippen molar-refractivity contribution < 1.29 is 9.47 Å². The zero-order valence-corrected chi connectivity index (χ0v) is 10.5. The highest BCUT2D eigenvalue weighted by atomic mass is 16.5. The van der Waals surface area contributed by atoms with E-state index in [1.807, 2.05) is 12.1 Å². The SMILES string of the molecule is Cc1ccc(OC2CC2)cc1OC(C)(C)C. The van der Waals surface area contributed by atoms with E-state index in [0.29, 0.717) is 6.10 Å². The van der Waals surface area contributed by atoms with Crippen LogP contribution in [0.25, 0.3) is 0 Å². The maximum atomic E-state index is 5.90. The van der Waals surface area contributed by atoms with Crippen molar-refractivity contribution >= 4 is 0 Å². The molecule has 16 heavy (non-hydrogen) atoms. The fourth-order valence-electron chi connectivity index (χ4n) is 1.47. The molecule has 1 saturated carbocycles. The predicted octanol–water partition coefficient (Wildman–Crippen LogP) is 3.71. The van der Waals surface area contributed by atoms with Crippen LogP contribution in [0.3, 0.4) is 0 Å². The number of hydrogen-bond acceptors (Lipinski definition) is 2. The van der Waals surface area contributed by atoms with E-state index in [2.05, 4.69) is 33.8 Å². The van der Waals surface area contributed by atoms with Gasteiger partial charge in [-0.2, -0.15) is 0 Å². The Balaban J connectivity index is 2.14. The minimum atomic E-state index is -0.164. The summed E-state index contributed by atoms with van der Waals surface area (Å²) in [5.41, 5.74) is 0.987. The van der Waals surface area contributed by atoms with Gasteiger partial charge in [0.25, 0.3) is 0 Å². The van der Waals surface area contributed by atoms with E-state index in [-0.39, 0.29) is 5.60 Å². The van der Waals surface area contributed by atoms with Crippen molar-refractivity contribution in [1.29, 1.82) is 0 Å². The molecule has 1 aliphatic carbocycles. The molecule has 0 heterocycles. The lowest BCUT2D eigenvalue weighted by Gasteiger charge is -2.23. The van der Waals surface area contributed by atoms with Crippen LogP contribution in [0, 0.1) is 6.92 Å². The van der Waals surface area contributed by atoms with Gasteiger partial charge in [0, 0.05) is 6.07 Å². The summed E-state index contributed by atoms with van der Waals surface area (Å²) in [7, 11) is 0. The number of hydrogen-bond donors (Lipinski definition) is 0. The van der Waals surface area contributed by atoms with Crippen LogP contribution in [0.1, 0.15) is 39.2 Å². The molecule has 0 amide bonds. The topological polar surface area (TPSA) is 18.5 Å². The second-order valence-corrected chi connectivity index (χ2v) is 5.46. The van der Waals surface area contributed by atoms with Crippen LogP contribution < -0.4 is 9.47 Å². The molecule has 2 heteroatoms. The third-order valence-corrected chi connectivity index (χ3v) is 2.40. The van der Waals surface area contributed by atoms with Gasteiger partial charge >= 0.3 is 0 Å². The van der Waals surface area contributed by atoms with Gasteiger partial charge in [0.1, 0.15) is 17.1 Å². The number of rotatable bonds is 3. The normalized spacial score (nSPS) is 16.0. The Labute approximate surface area is 97.6 Å². The van der Waals surface area contributed by atoms with Crippen molar-refractivity contribution in [2.24, 2.45) is 0 Å². The average molecular weight is 220 g/mol. The van der Waals surface area contributed by atoms with Crippen LogP contribution in [0.4, 0.5) is 0 Å². The fraction of sp³-hybridized carbons (Fsp3) is 0.571. The Morgan fingerprint density at radius 3 is 2.44 bits per heavy atom. The Bertz CT molecular complexity index is 373. The molecular formula is C14H20O2. The van der Waals surface area contributed by atoms with Crippen molar-refractivity contribution in [3.8, 4) is 11.5 Å². The quantitative estimate of drug-likeness (QED) is 0.773. The molecule has 0 unspecified atom stereocenters. The van der Waals surface area contributed by atoms with Crippen LogP contribution in [0.5, 0.6) is 11.5 Å². The summed E-state index contributed by atoms with van der Waals surface area (Å²) in [6.07, 6.45) is 2.80. The lowest BCUT2D eigenvalue weighted by Crippen LogP contribution is -2.23. The summed E-state index contributed by atoms with van der Waals surface area (Å²) in [5.74, 6) is 1.85. The van der Waals surface area contributed by atoms with Gasteiger partial charge in [-0.15, -0.1) is 0 Å². The average Bonchev–Trinajstić information content (AvgIpc) is 2.92. The van der Waals surface area contributed by atoms with Crippen LogP contribution in [-0.4, -0.2) is 11.7 Å². The molecule has 1 aromatic carbocycles. The van der Waals surface area contributed by atoms with Gasteiger partial charge in [0.05, 0.1) is 6.10 Å². The Morgan fingerprint density at radius 2 is 1.88 bits per heavy atom. The summed E-state index contributed by atoms with van der Waals surface area (Å²) < 4.78 is 11.7. The Hall–Kier alpha value is -1.18. The molecule has 0 spiro atoms. The summed E-state index contributed by atoms with van der Waals surface area (Å²) in [6, 6.07) is 6.07. The second-order valence-electron chi connectivity index (χ2n) is 5.46. The summed E-state index contributed by atoms with van der Waals surface area (Å²) in [5, 5.41) is 0. The Kier molecular flexibility index (Phi) is 2.83. The van der Waals surface area contributed by atoms with Gasteiger partial charge in [0.2, 0.25) is 0 Å². The number of benzene rings is 1. The highest BCUT2D eigenvalue weighted by Gasteiger charge is 2.24. The van der Waals surface area contributed by atoms with E-state index in [1.165, 1.54) is 12.8 Å². The third kappa shape index (κ3) is 3.16. The standard InChI is InChI=1S/C14H20O2/c1-10-5-6-12(15-11-7-8-11)9-13(10)16-14(2,3)4/h5-6,9,11H,7-8H2,1-4H3. The smallest absolute Gasteiger partial charge is 0.126 e. The fourth-order valence-corrected chi connectivity index (χ4v) is 1.47. The molecule has 1 aromatic rings. The monoisotopic (exact) mass is 220 g/mol. The van der Waals surface area contributed by atoms with Gasteiger partial charge in [-0.1, -0.05) is 6.07 Å². The number of aryl methyl sites for hydroxylation is 1. The molecule has 0 aromatic heterocycles. The largest absolute Gasteiger partial charge is 0.490 e. The van der Waals surface area contributed by atoms with Gasteiger partial charge in [-0.05, 0) is 52.2 Å². The van der Waals surface area contributed by atoms with Crippen LogP contribution >= 0.6 is 0 Å². The molecular weight excluding hydrogens is 200 g/mol.